The minimum absolute atomic E-state index is 0.0170. The molecule has 0 radical (unpaired) electrons. The lowest BCUT2D eigenvalue weighted by Crippen LogP contribution is -2.53. The minimum atomic E-state index is -4.75. The molecule has 4 amide bonds. The molecule has 4 heterocycles. The third-order valence-electron chi connectivity index (χ3n) is 13.3. The molecule has 2 N–H and O–H groups in total. The number of aliphatic hydroxyl groups is 1. The van der Waals surface area contributed by atoms with E-state index in [1.54, 1.807) is 48.5 Å². The zero-order valence-electron chi connectivity index (χ0n) is 33.2. The van der Waals surface area contributed by atoms with Gasteiger partial charge in [-0.25, -0.2) is 4.98 Å². The molecule has 3 aliphatic heterocycles. The van der Waals surface area contributed by atoms with Gasteiger partial charge in [0.2, 0.25) is 11.8 Å². The molecule has 0 bridgehead atoms. The van der Waals surface area contributed by atoms with Crippen LogP contribution in [0.25, 0.3) is 0 Å². The van der Waals surface area contributed by atoms with E-state index in [0.717, 1.165) is 17.1 Å². The fourth-order valence-corrected chi connectivity index (χ4v) is 11.0. The SMILES string of the molecule is O=C1[C@@H]2C[C@@H]3C(=CC[C@@H]4C(=O)N(C5CCN(Cc6ccccc6)CC5)C(=O)[C@@H]43)[C@H](c3ccc(OCCO)cc3)[C@]2(c2ccc(Cl)cc2)C(=O)N1Nc1ncc(C(F)(F)F)cc1Cl. The van der Waals surface area contributed by atoms with Crippen molar-refractivity contribution in [1.29, 1.82) is 0 Å². The normalized spacial score (nSPS) is 26.6. The molecular weight excluding hydrogens is 846 g/mol. The molecule has 16 heteroatoms. The summed E-state index contributed by atoms with van der Waals surface area (Å²) in [6.45, 7) is 2.02. The summed E-state index contributed by atoms with van der Waals surface area (Å²) in [7, 11) is 0. The Labute approximate surface area is 365 Å². The van der Waals surface area contributed by atoms with Gasteiger partial charge in [0.15, 0.2) is 5.82 Å². The number of carbonyl (C=O) groups is 4. The molecule has 2 aliphatic carbocycles. The highest BCUT2D eigenvalue weighted by Crippen LogP contribution is 2.64. The number of allylic oxidation sites excluding steroid dienone is 2. The predicted molar refractivity (Wildman–Crippen MR) is 222 cm³/mol. The summed E-state index contributed by atoms with van der Waals surface area (Å²) in [6, 6.07) is 24.1. The summed E-state index contributed by atoms with van der Waals surface area (Å²) in [5, 5.41) is 10.1. The van der Waals surface area contributed by atoms with Gasteiger partial charge in [0.05, 0.1) is 40.4 Å². The highest BCUT2D eigenvalue weighted by atomic mass is 35.5. The highest BCUT2D eigenvalue weighted by molar-refractivity contribution is 6.33. The Morgan fingerprint density at radius 1 is 0.887 bits per heavy atom. The molecule has 3 saturated heterocycles. The molecule has 6 atom stereocenters. The van der Waals surface area contributed by atoms with Crippen molar-refractivity contribution in [2.75, 3.05) is 31.7 Å². The Bertz CT molecular complexity index is 2430. The Kier molecular flexibility index (Phi) is 11.2. The van der Waals surface area contributed by atoms with Gasteiger partial charge in [-0.3, -0.25) is 34.4 Å². The fraction of sp³-hybridized carbons (Fsp3) is 0.370. The van der Waals surface area contributed by atoms with Crippen molar-refractivity contribution in [3.8, 4) is 5.75 Å². The first-order valence-corrected chi connectivity index (χ1v) is 21.4. The van der Waals surface area contributed by atoms with Gasteiger partial charge in [-0.2, -0.15) is 18.2 Å². The van der Waals surface area contributed by atoms with E-state index in [1.807, 2.05) is 24.3 Å². The molecule has 4 aromatic rings. The van der Waals surface area contributed by atoms with Gasteiger partial charge in [-0.05, 0) is 78.6 Å². The molecule has 5 aliphatic rings. The van der Waals surface area contributed by atoms with Crippen LogP contribution in [-0.2, 0) is 37.3 Å². The summed E-state index contributed by atoms with van der Waals surface area (Å²) in [5.74, 6) is -5.90. The summed E-state index contributed by atoms with van der Waals surface area (Å²) in [5.41, 5.74) is 2.86. The van der Waals surface area contributed by atoms with E-state index in [1.165, 1.54) is 10.5 Å². The van der Waals surface area contributed by atoms with Crippen LogP contribution >= 0.6 is 23.2 Å². The van der Waals surface area contributed by atoms with Crippen LogP contribution in [0.15, 0.2) is 103 Å². The Hall–Kier alpha value is -5.28. The molecule has 9 rings (SSSR count). The number of likely N-dealkylation sites (tertiary alicyclic amines) is 2. The summed E-state index contributed by atoms with van der Waals surface area (Å²) >= 11 is 12.7. The number of hydrazine groups is 1. The second-order valence-corrected chi connectivity index (χ2v) is 17.4. The number of pyridine rings is 1. The maximum Gasteiger partial charge on any atom is 0.417 e. The molecule has 62 heavy (non-hydrogen) atoms. The Morgan fingerprint density at radius 2 is 1.60 bits per heavy atom. The second-order valence-electron chi connectivity index (χ2n) is 16.6. The van der Waals surface area contributed by atoms with Gasteiger partial charge in [0, 0.05) is 42.8 Å². The highest BCUT2D eigenvalue weighted by Gasteiger charge is 2.70. The first kappa shape index (κ1) is 42.0. The number of nitrogens with zero attached hydrogens (tertiary/aromatic N) is 4. The number of alkyl halides is 3. The van der Waals surface area contributed by atoms with Crippen molar-refractivity contribution < 1.29 is 42.2 Å². The second kappa shape index (κ2) is 16.4. The van der Waals surface area contributed by atoms with Crippen LogP contribution in [0.3, 0.4) is 0 Å². The van der Waals surface area contributed by atoms with E-state index < -0.39 is 63.6 Å². The first-order chi connectivity index (χ1) is 29.8. The van der Waals surface area contributed by atoms with E-state index in [-0.39, 0.29) is 49.7 Å². The number of benzene rings is 3. The molecule has 0 unspecified atom stereocenters. The number of piperidine rings is 1. The van der Waals surface area contributed by atoms with Crippen LogP contribution in [0.2, 0.25) is 10.0 Å². The molecule has 3 aromatic carbocycles. The molecular formula is C46H42Cl2F3N5O6. The van der Waals surface area contributed by atoms with Crippen LogP contribution in [-0.4, -0.2) is 80.9 Å². The van der Waals surface area contributed by atoms with Crippen molar-refractivity contribution in [1.82, 2.24) is 19.8 Å². The smallest absolute Gasteiger partial charge is 0.417 e. The minimum Gasteiger partial charge on any atom is -0.491 e. The molecule has 1 aromatic heterocycles. The molecule has 11 nitrogen and oxygen atoms in total. The topological polar surface area (TPSA) is 132 Å². The van der Waals surface area contributed by atoms with Crippen molar-refractivity contribution in [2.24, 2.45) is 23.7 Å². The Balaban J connectivity index is 1.11. The van der Waals surface area contributed by atoms with Crippen LogP contribution in [0.1, 0.15) is 53.9 Å². The summed E-state index contributed by atoms with van der Waals surface area (Å²) < 4.78 is 46.4. The molecule has 322 valence electrons. The average molecular weight is 889 g/mol. The lowest BCUT2D eigenvalue weighted by molar-refractivity contribution is -0.144. The Morgan fingerprint density at radius 3 is 2.26 bits per heavy atom. The molecule has 0 spiro atoms. The summed E-state index contributed by atoms with van der Waals surface area (Å²) in [4.78, 5) is 67.4. The zero-order valence-corrected chi connectivity index (χ0v) is 34.7. The maximum atomic E-state index is 15.5. The summed E-state index contributed by atoms with van der Waals surface area (Å²) in [6.07, 6.45) is -0.717. The van der Waals surface area contributed by atoms with E-state index in [9.17, 15) is 27.9 Å². The van der Waals surface area contributed by atoms with Gasteiger partial charge in [0.25, 0.3) is 11.8 Å². The lowest BCUT2D eigenvalue weighted by Gasteiger charge is -2.50. The fourth-order valence-electron chi connectivity index (χ4n) is 10.6. The van der Waals surface area contributed by atoms with Crippen molar-refractivity contribution in [2.45, 2.75) is 55.8 Å². The third-order valence-corrected chi connectivity index (χ3v) is 13.9. The monoisotopic (exact) mass is 887 g/mol. The first-order valence-electron chi connectivity index (χ1n) is 20.6. The van der Waals surface area contributed by atoms with Crippen LogP contribution in [0.5, 0.6) is 5.75 Å². The van der Waals surface area contributed by atoms with Gasteiger partial charge < -0.3 is 9.84 Å². The maximum absolute atomic E-state index is 15.5. The number of hydrogen-bond acceptors (Lipinski definition) is 9. The standard InChI is InChI=1S/C46H42Cl2F3N5O6/c47-30-10-8-28(9-11-30)45-36(42(59)56(44(45)61)53-40-37(48)22-29(24-52-40)46(49,50)51)23-35-33(39(45)27-6-12-32(13-7-27)62-21-20-57)14-15-34-38(35)43(60)55(41(34)58)31-16-18-54(19-17-31)25-26-4-2-1-3-5-26/h1-14,22,24,31,34-36,38-39,57H,15-21,23,25H2,(H,52,53)/t34-,35+,36-,38-,39-,45+/m0/s1. The van der Waals surface area contributed by atoms with Gasteiger partial charge in [-0.1, -0.05) is 89.4 Å². The number of halogens is 5. The number of rotatable bonds is 10. The zero-order chi connectivity index (χ0) is 43.5. The van der Waals surface area contributed by atoms with Crippen molar-refractivity contribution in [3.63, 3.8) is 0 Å². The van der Waals surface area contributed by atoms with E-state index >= 15 is 9.59 Å². The van der Waals surface area contributed by atoms with Crippen LogP contribution in [0, 0.1) is 23.7 Å². The number of amides is 4. The average Bonchev–Trinajstić information content (AvgIpc) is 3.64. The van der Waals surface area contributed by atoms with E-state index in [2.05, 4.69) is 27.4 Å². The van der Waals surface area contributed by atoms with Crippen molar-refractivity contribution in [3.05, 3.63) is 135 Å². The number of fused-ring (bicyclic) bond motifs is 4. The number of nitrogens with one attached hydrogen (secondary N) is 1. The van der Waals surface area contributed by atoms with Crippen molar-refractivity contribution >= 4 is 52.6 Å². The van der Waals surface area contributed by atoms with E-state index in [0.29, 0.717) is 60.1 Å². The predicted octanol–water partition coefficient (Wildman–Crippen LogP) is 7.43. The number of ether oxygens (including phenoxy) is 1. The number of imide groups is 2. The van der Waals surface area contributed by atoms with Gasteiger partial charge in [-0.15, -0.1) is 0 Å². The van der Waals surface area contributed by atoms with Gasteiger partial charge in [0.1, 0.15) is 12.4 Å². The largest absolute Gasteiger partial charge is 0.491 e. The van der Waals surface area contributed by atoms with E-state index in [4.69, 9.17) is 27.9 Å². The van der Waals surface area contributed by atoms with Crippen LogP contribution in [0.4, 0.5) is 19.0 Å². The van der Waals surface area contributed by atoms with Crippen LogP contribution < -0.4 is 10.2 Å². The number of aliphatic hydroxyl groups excluding tert-OH is 1. The molecule has 4 fully saturated rings. The quantitative estimate of drug-likeness (QED) is 0.123. The van der Waals surface area contributed by atoms with Gasteiger partial charge >= 0.3 is 6.18 Å². The lowest BCUT2D eigenvalue weighted by atomic mass is 9.49. The third kappa shape index (κ3) is 7.14. The number of carbonyl (C=O) groups excluding carboxylic acids is 4. The molecule has 1 saturated carbocycles. The number of hydrogen-bond donors (Lipinski definition) is 2. The number of aromatic nitrogens is 1. The number of anilines is 1.